The van der Waals surface area contributed by atoms with E-state index < -0.39 is 0 Å². The molecule has 0 amide bonds. The predicted molar refractivity (Wildman–Crippen MR) is 79.0 cm³/mol. The van der Waals surface area contributed by atoms with Gasteiger partial charge in [0.05, 0.1) is 17.6 Å². The Balaban J connectivity index is 2.04. The van der Waals surface area contributed by atoms with Crippen LogP contribution in [-0.2, 0) is 12.8 Å². The summed E-state index contributed by atoms with van der Waals surface area (Å²) in [4.78, 5) is 4.45. The largest absolute Gasteiger partial charge is 0.397 e. The number of rotatable bonds is 1. The number of nitrogen functional groups attached to an aromatic ring is 1. The zero-order valence-corrected chi connectivity index (χ0v) is 10.6. The summed E-state index contributed by atoms with van der Waals surface area (Å²) in [5, 5.41) is 2.74. The smallest absolute Gasteiger partial charge is 0.0709 e. The Morgan fingerprint density at radius 2 is 1.74 bits per heavy atom. The summed E-state index contributed by atoms with van der Waals surface area (Å²) >= 11 is 0. The van der Waals surface area contributed by atoms with Gasteiger partial charge in [-0.05, 0) is 46.9 Å². The Bertz CT molecular complexity index is 763. The first-order valence-corrected chi connectivity index (χ1v) is 6.58. The third-order valence-corrected chi connectivity index (χ3v) is 3.94. The van der Waals surface area contributed by atoms with Gasteiger partial charge >= 0.3 is 0 Å². The lowest BCUT2D eigenvalue weighted by Gasteiger charge is -2.08. The van der Waals surface area contributed by atoms with Crippen LogP contribution in [-0.4, -0.2) is 4.98 Å². The number of aryl methyl sites for hydroxylation is 2. The molecule has 2 aromatic carbocycles. The highest BCUT2D eigenvalue weighted by molar-refractivity contribution is 6.00. The van der Waals surface area contributed by atoms with E-state index in [4.69, 9.17) is 5.73 Å². The van der Waals surface area contributed by atoms with Gasteiger partial charge in [0.25, 0.3) is 0 Å². The van der Waals surface area contributed by atoms with Crippen LogP contribution >= 0.6 is 0 Å². The summed E-state index contributed by atoms with van der Waals surface area (Å²) in [5.74, 6) is 0. The number of hydrogen-bond acceptors (Lipinski definition) is 2. The van der Waals surface area contributed by atoms with Crippen LogP contribution in [0.5, 0.6) is 0 Å². The number of benzene rings is 2. The molecule has 4 rings (SSSR count). The predicted octanol–water partition coefficient (Wildman–Crippen LogP) is 3.58. The average Bonchev–Trinajstić information content (AvgIpc) is 2.86. The van der Waals surface area contributed by atoms with Gasteiger partial charge in [-0.1, -0.05) is 30.3 Å². The zero-order valence-electron chi connectivity index (χ0n) is 10.6. The number of hydrogen-bond donors (Lipinski definition) is 1. The second-order valence-electron chi connectivity index (χ2n) is 5.09. The molecule has 0 bridgehead atoms. The van der Waals surface area contributed by atoms with E-state index in [0.717, 1.165) is 18.5 Å². The van der Waals surface area contributed by atoms with E-state index in [9.17, 15) is 0 Å². The van der Waals surface area contributed by atoms with Crippen molar-refractivity contribution >= 4 is 16.5 Å². The van der Waals surface area contributed by atoms with Crippen molar-refractivity contribution < 1.29 is 0 Å². The van der Waals surface area contributed by atoms with E-state index in [1.807, 2.05) is 12.1 Å². The maximum Gasteiger partial charge on any atom is 0.0709 e. The van der Waals surface area contributed by atoms with E-state index in [-0.39, 0.29) is 0 Å². The molecule has 0 aliphatic heterocycles. The Kier molecular flexibility index (Phi) is 2.12. The van der Waals surface area contributed by atoms with Crippen LogP contribution in [0.15, 0.2) is 48.7 Å². The standard InChI is InChI=1S/C17H14N2/c18-13-7-9-16(19-10-13)14-8-6-12-5-4-11-2-1-3-15(14)17(11)12/h1-3,6-10H,4-5,18H2. The molecule has 92 valence electrons. The highest BCUT2D eigenvalue weighted by Gasteiger charge is 2.16. The summed E-state index contributed by atoms with van der Waals surface area (Å²) in [6.07, 6.45) is 4.04. The molecule has 1 heterocycles. The lowest BCUT2D eigenvalue weighted by atomic mass is 9.98. The molecule has 2 heteroatoms. The Labute approximate surface area is 111 Å². The SMILES string of the molecule is Nc1ccc(-c2ccc3c4c(cccc24)CC3)nc1. The zero-order chi connectivity index (χ0) is 12.8. The molecule has 0 radical (unpaired) electrons. The Morgan fingerprint density at radius 1 is 0.895 bits per heavy atom. The topological polar surface area (TPSA) is 38.9 Å². The van der Waals surface area contributed by atoms with Crippen LogP contribution < -0.4 is 5.73 Å². The van der Waals surface area contributed by atoms with Crippen LogP contribution in [0.1, 0.15) is 11.1 Å². The van der Waals surface area contributed by atoms with Crippen molar-refractivity contribution in [3.05, 3.63) is 59.8 Å². The highest BCUT2D eigenvalue weighted by Crippen LogP contribution is 2.36. The number of aromatic nitrogens is 1. The third kappa shape index (κ3) is 1.53. The summed E-state index contributed by atoms with van der Waals surface area (Å²) in [6, 6.07) is 14.9. The second-order valence-corrected chi connectivity index (χ2v) is 5.09. The van der Waals surface area contributed by atoms with Crippen LogP contribution in [0, 0.1) is 0 Å². The van der Waals surface area contributed by atoms with Crippen molar-refractivity contribution in [2.24, 2.45) is 0 Å². The minimum absolute atomic E-state index is 0.703. The summed E-state index contributed by atoms with van der Waals surface area (Å²) in [7, 11) is 0. The van der Waals surface area contributed by atoms with Gasteiger partial charge in [0.15, 0.2) is 0 Å². The molecule has 19 heavy (non-hydrogen) atoms. The van der Waals surface area contributed by atoms with Crippen LogP contribution in [0.3, 0.4) is 0 Å². The fourth-order valence-corrected chi connectivity index (χ4v) is 3.03. The van der Waals surface area contributed by atoms with E-state index >= 15 is 0 Å². The van der Waals surface area contributed by atoms with Gasteiger partial charge < -0.3 is 5.73 Å². The van der Waals surface area contributed by atoms with Crippen molar-refractivity contribution in [2.45, 2.75) is 12.8 Å². The van der Waals surface area contributed by atoms with Gasteiger partial charge in [-0.25, -0.2) is 0 Å². The first kappa shape index (κ1) is 10.6. The molecule has 1 aromatic heterocycles. The number of anilines is 1. The van der Waals surface area contributed by atoms with Gasteiger partial charge in [-0.3, -0.25) is 4.98 Å². The molecule has 2 nitrogen and oxygen atoms in total. The second kappa shape index (κ2) is 3.82. The lowest BCUT2D eigenvalue weighted by Crippen LogP contribution is -1.90. The maximum atomic E-state index is 5.71. The van der Waals surface area contributed by atoms with Gasteiger partial charge in [0.1, 0.15) is 0 Å². The molecule has 0 fully saturated rings. The number of nitrogens with zero attached hydrogens (tertiary/aromatic N) is 1. The van der Waals surface area contributed by atoms with Gasteiger partial charge in [0.2, 0.25) is 0 Å². The number of pyridine rings is 1. The molecule has 0 atom stereocenters. The fourth-order valence-electron chi connectivity index (χ4n) is 3.03. The molecule has 0 saturated carbocycles. The molecule has 2 N–H and O–H groups in total. The van der Waals surface area contributed by atoms with Crippen molar-refractivity contribution in [1.29, 1.82) is 0 Å². The third-order valence-electron chi connectivity index (χ3n) is 3.94. The molecular formula is C17H14N2. The minimum atomic E-state index is 0.703. The van der Waals surface area contributed by atoms with Crippen LogP contribution in [0.2, 0.25) is 0 Å². The van der Waals surface area contributed by atoms with Crippen LogP contribution in [0.4, 0.5) is 5.69 Å². The van der Waals surface area contributed by atoms with Crippen molar-refractivity contribution in [3.8, 4) is 11.3 Å². The highest BCUT2D eigenvalue weighted by atomic mass is 14.7. The minimum Gasteiger partial charge on any atom is -0.397 e. The molecule has 0 unspecified atom stereocenters. The van der Waals surface area contributed by atoms with Crippen molar-refractivity contribution in [1.82, 2.24) is 4.98 Å². The Morgan fingerprint density at radius 3 is 2.53 bits per heavy atom. The van der Waals surface area contributed by atoms with Crippen molar-refractivity contribution in [3.63, 3.8) is 0 Å². The molecule has 1 aliphatic rings. The van der Waals surface area contributed by atoms with E-state index in [0.29, 0.717) is 5.69 Å². The van der Waals surface area contributed by atoms with E-state index in [2.05, 4.69) is 35.3 Å². The quantitative estimate of drug-likeness (QED) is 0.712. The summed E-state index contributed by atoms with van der Waals surface area (Å²) in [5.41, 5.74) is 11.5. The lowest BCUT2D eigenvalue weighted by molar-refractivity contribution is 1.02. The fraction of sp³-hybridized carbons (Fsp3) is 0.118. The average molecular weight is 246 g/mol. The van der Waals surface area contributed by atoms with Crippen LogP contribution in [0.25, 0.3) is 22.0 Å². The molecular weight excluding hydrogens is 232 g/mol. The maximum absolute atomic E-state index is 5.71. The summed E-state index contributed by atoms with van der Waals surface area (Å²) in [6.45, 7) is 0. The molecule has 0 spiro atoms. The molecule has 3 aromatic rings. The van der Waals surface area contributed by atoms with Crippen molar-refractivity contribution in [2.75, 3.05) is 5.73 Å². The number of nitrogens with two attached hydrogens (primary N) is 1. The van der Waals surface area contributed by atoms with Gasteiger partial charge in [-0.15, -0.1) is 0 Å². The van der Waals surface area contributed by atoms with Gasteiger partial charge in [-0.2, -0.15) is 0 Å². The van der Waals surface area contributed by atoms with E-state index in [1.165, 1.54) is 27.5 Å². The molecule has 1 aliphatic carbocycles. The monoisotopic (exact) mass is 246 g/mol. The normalized spacial score (nSPS) is 13.1. The molecule has 0 saturated heterocycles. The first-order valence-electron chi connectivity index (χ1n) is 6.58. The van der Waals surface area contributed by atoms with Gasteiger partial charge in [0, 0.05) is 5.56 Å². The Hall–Kier alpha value is -2.35. The first-order chi connectivity index (χ1) is 9.33. The van der Waals surface area contributed by atoms with E-state index in [1.54, 1.807) is 6.20 Å². The summed E-state index contributed by atoms with van der Waals surface area (Å²) < 4.78 is 0.